The quantitative estimate of drug-likeness (QED) is 0.248. The van der Waals surface area contributed by atoms with Crippen molar-refractivity contribution >= 4 is 5.57 Å². The fourth-order valence-corrected chi connectivity index (χ4v) is 5.30. The molecule has 0 nitrogen and oxygen atoms in total. The van der Waals surface area contributed by atoms with E-state index in [0.717, 1.165) is 5.57 Å². The van der Waals surface area contributed by atoms with Crippen molar-refractivity contribution in [2.45, 2.75) is 19.3 Å². The molecule has 0 aromatic heterocycles. The molecule has 0 bridgehead atoms. The van der Waals surface area contributed by atoms with Crippen LogP contribution in [0.4, 0.5) is 0 Å². The summed E-state index contributed by atoms with van der Waals surface area (Å²) in [6, 6.07) is 37.7. The summed E-state index contributed by atoms with van der Waals surface area (Å²) in [5, 5.41) is 0. The van der Waals surface area contributed by atoms with Gasteiger partial charge in [0.1, 0.15) is 0 Å². The van der Waals surface area contributed by atoms with Crippen molar-refractivity contribution in [1.82, 2.24) is 0 Å². The Bertz CT molecular complexity index is 1330. The number of hydrogen-bond donors (Lipinski definition) is 0. The summed E-state index contributed by atoms with van der Waals surface area (Å²) < 4.78 is 0. The van der Waals surface area contributed by atoms with Gasteiger partial charge in [0.15, 0.2) is 0 Å². The highest BCUT2D eigenvalue weighted by Gasteiger charge is 2.45. The maximum absolute atomic E-state index is 4.12. The average molecular weight is 425 g/mol. The van der Waals surface area contributed by atoms with Gasteiger partial charge in [0, 0.05) is 0 Å². The molecule has 0 radical (unpaired) electrons. The highest BCUT2D eigenvalue weighted by Crippen LogP contribution is 2.56. The zero-order valence-corrected chi connectivity index (χ0v) is 19.3. The highest BCUT2D eigenvalue weighted by atomic mass is 14.5. The lowest BCUT2D eigenvalue weighted by molar-refractivity contribution is 0.768. The monoisotopic (exact) mass is 424 g/mol. The van der Waals surface area contributed by atoms with Crippen LogP contribution in [-0.4, -0.2) is 0 Å². The number of benzene rings is 4. The molecule has 0 saturated heterocycles. The summed E-state index contributed by atoms with van der Waals surface area (Å²) in [5.41, 5.74) is 10.9. The van der Waals surface area contributed by atoms with Crippen molar-refractivity contribution in [2.75, 3.05) is 0 Å². The van der Waals surface area contributed by atoms with E-state index in [4.69, 9.17) is 0 Å². The first-order valence-electron chi connectivity index (χ1n) is 11.5. The molecule has 4 aromatic rings. The van der Waals surface area contributed by atoms with Crippen LogP contribution < -0.4 is 0 Å². The van der Waals surface area contributed by atoms with Gasteiger partial charge in [0.2, 0.25) is 0 Å². The minimum absolute atomic E-state index is 0.366. The van der Waals surface area contributed by atoms with Gasteiger partial charge in [0.25, 0.3) is 0 Å². The number of allylic oxidation sites excluding steroid dienone is 5. The van der Waals surface area contributed by atoms with Crippen LogP contribution >= 0.6 is 0 Å². The Morgan fingerprint density at radius 3 is 1.88 bits per heavy atom. The minimum atomic E-state index is -0.366. The Kier molecular flexibility index (Phi) is 5.44. The zero-order valence-electron chi connectivity index (χ0n) is 19.3. The third-order valence-corrected chi connectivity index (χ3v) is 6.54. The van der Waals surface area contributed by atoms with E-state index in [9.17, 15) is 0 Å². The second-order valence-electron chi connectivity index (χ2n) is 8.73. The van der Waals surface area contributed by atoms with Crippen molar-refractivity contribution in [3.63, 3.8) is 0 Å². The topological polar surface area (TPSA) is 0 Å². The van der Waals surface area contributed by atoms with Crippen LogP contribution in [0.2, 0.25) is 0 Å². The second-order valence-corrected chi connectivity index (χ2v) is 8.73. The van der Waals surface area contributed by atoms with Gasteiger partial charge in [0.05, 0.1) is 5.41 Å². The van der Waals surface area contributed by atoms with Crippen LogP contribution in [0.5, 0.6) is 0 Å². The summed E-state index contributed by atoms with van der Waals surface area (Å²) in [5.74, 6) is 0. The van der Waals surface area contributed by atoms with Gasteiger partial charge >= 0.3 is 0 Å². The van der Waals surface area contributed by atoms with Crippen LogP contribution in [-0.2, 0) is 5.41 Å². The van der Waals surface area contributed by atoms with E-state index >= 15 is 0 Å². The predicted octanol–water partition coefficient (Wildman–Crippen LogP) is 8.59. The third-order valence-electron chi connectivity index (χ3n) is 6.54. The van der Waals surface area contributed by atoms with Crippen LogP contribution in [0, 0.1) is 0 Å². The molecule has 0 heterocycles. The van der Waals surface area contributed by atoms with Gasteiger partial charge in [-0.3, -0.25) is 0 Å². The van der Waals surface area contributed by atoms with Gasteiger partial charge in [-0.25, -0.2) is 0 Å². The first kappa shape index (κ1) is 21.0. The molecule has 1 aliphatic carbocycles. The molecule has 33 heavy (non-hydrogen) atoms. The molecule has 0 spiro atoms. The molecule has 0 amide bonds. The van der Waals surface area contributed by atoms with Crippen molar-refractivity contribution in [3.8, 4) is 11.1 Å². The van der Waals surface area contributed by atoms with Crippen molar-refractivity contribution < 1.29 is 0 Å². The largest absolute Gasteiger partial charge is 0.0961 e. The maximum Gasteiger partial charge on any atom is 0.0713 e. The number of fused-ring (bicyclic) bond motifs is 3. The Labute approximate surface area is 197 Å². The Hall–Kier alpha value is -3.90. The van der Waals surface area contributed by atoms with E-state index in [0.29, 0.717) is 0 Å². The van der Waals surface area contributed by atoms with Crippen LogP contribution in [0.25, 0.3) is 16.7 Å². The summed E-state index contributed by atoms with van der Waals surface area (Å²) in [7, 11) is 0. The molecule has 0 heteroatoms. The fourth-order valence-electron chi connectivity index (χ4n) is 5.30. The van der Waals surface area contributed by atoms with E-state index in [1.807, 2.05) is 6.92 Å². The normalized spacial score (nSPS) is 14.2. The molecule has 0 atom stereocenters. The minimum Gasteiger partial charge on any atom is -0.0961 e. The lowest BCUT2D eigenvalue weighted by Crippen LogP contribution is -2.28. The van der Waals surface area contributed by atoms with Crippen LogP contribution in [0.15, 0.2) is 134 Å². The average Bonchev–Trinajstić information content (AvgIpc) is 3.15. The Morgan fingerprint density at radius 2 is 1.27 bits per heavy atom. The smallest absolute Gasteiger partial charge is 0.0713 e. The Balaban J connectivity index is 1.90. The fraction of sp³-hybridized carbons (Fsp3) is 0.0909. The van der Waals surface area contributed by atoms with E-state index in [1.54, 1.807) is 0 Å². The molecule has 0 saturated carbocycles. The molecule has 0 aliphatic heterocycles. The molecule has 5 rings (SSSR count). The summed E-state index contributed by atoms with van der Waals surface area (Å²) in [6.07, 6.45) is 6.43. The zero-order chi connectivity index (χ0) is 22.8. The summed E-state index contributed by atoms with van der Waals surface area (Å²) in [4.78, 5) is 0. The molecule has 4 aromatic carbocycles. The van der Waals surface area contributed by atoms with Crippen LogP contribution in [0.1, 0.15) is 41.7 Å². The number of rotatable bonds is 5. The van der Waals surface area contributed by atoms with E-state index in [2.05, 4.69) is 135 Å². The lowest BCUT2D eigenvalue weighted by atomic mass is 9.67. The molecular weight excluding hydrogens is 396 g/mol. The lowest BCUT2D eigenvalue weighted by Gasteiger charge is -2.34. The SMILES string of the molecule is C=C(C)/C=C(\C=CC)c1ccc2c(c1)C(c1ccccc1)(c1ccccc1)c1ccccc1-2. The first-order valence-corrected chi connectivity index (χ1v) is 11.5. The van der Waals surface area contributed by atoms with Crippen molar-refractivity contribution in [3.05, 3.63) is 161 Å². The van der Waals surface area contributed by atoms with Gasteiger partial charge in [-0.15, -0.1) is 0 Å². The van der Waals surface area contributed by atoms with Gasteiger partial charge < -0.3 is 0 Å². The van der Waals surface area contributed by atoms with E-state index < -0.39 is 0 Å². The van der Waals surface area contributed by atoms with E-state index in [1.165, 1.54) is 44.5 Å². The molecule has 0 unspecified atom stereocenters. The molecular formula is C33H28. The predicted molar refractivity (Wildman–Crippen MR) is 141 cm³/mol. The summed E-state index contributed by atoms with van der Waals surface area (Å²) >= 11 is 0. The highest BCUT2D eigenvalue weighted by molar-refractivity contribution is 5.88. The number of hydrogen-bond acceptors (Lipinski definition) is 0. The van der Waals surface area contributed by atoms with Crippen LogP contribution in [0.3, 0.4) is 0 Å². The Morgan fingerprint density at radius 1 is 0.697 bits per heavy atom. The molecule has 0 N–H and O–H groups in total. The van der Waals surface area contributed by atoms with Gasteiger partial charge in [-0.1, -0.05) is 127 Å². The maximum atomic E-state index is 4.12. The summed E-state index contributed by atoms with van der Waals surface area (Å²) in [6.45, 7) is 8.23. The third kappa shape index (κ3) is 3.39. The van der Waals surface area contributed by atoms with Gasteiger partial charge in [-0.05, 0) is 64.4 Å². The molecule has 1 aliphatic rings. The molecule has 0 fully saturated rings. The second kappa shape index (κ2) is 8.56. The van der Waals surface area contributed by atoms with E-state index in [-0.39, 0.29) is 5.41 Å². The van der Waals surface area contributed by atoms with Gasteiger partial charge in [-0.2, -0.15) is 0 Å². The molecule has 160 valence electrons. The van der Waals surface area contributed by atoms with Crippen molar-refractivity contribution in [2.24, 2.45) is 0 Å². The first-order chi connectivity index (χ1) is 16.2. The van der Waals surface area contributed by atoms with Crippen molar-refractivity contribution in [1.29, 1.82) is 0 Å². The standard InChI is InChI=1S/C33H28/c1-4-13-25(22-24(2)3)26-20-21-30-29-18-11-12-19-31(29)33(32(30)23-26,27-14-7-5-8-15-27)28-16-9-6-10-17-28/h4-23H,2H2,1,3H3/b13-4?,25-22+.